The minimum Gasteiger partial charge on any atom is -0.267 e. The van der Waals surface area contributed by atoms with Crippen molar-refractivity contribution in [2.24, 2.45) is 5.14 Å². The van der Waals surface area contributed by atoms with Crippen LogP contribution in [0.1, 0.15) is 5.56 Å². The van der Waals surface area contributed by atoms with Crippen LogP contribution in [0.15, 0.2) is 51.5 Å². The lowest BCUT2D eigenvalue weighted by atomic mass is 10.1. The summed E-state index contributed by atoms with van der Waals surface area (Å²) in [4.78, 5) is 10.4. The van der Waals surface area contributed by atoms with E-state index in [0.29, 0.717) is 23.5 Å². The van der Waals surface area contributed by atoms with E-state index in [1.165, 1.54) is 5.38 Å². The molecule has 0 fully saturated rings. The number of nitrogens with two attached hydrogens (primary N) is 1. The van der Waals surface area contributed by atoms with Gasteiger partial charge in [-0.2, -0.15) is 13.2 Å². The van der Waals surface area contributed by atoms with Crippen LogP contribution in [-0.4, -0.2) is 13.0 Å². The molecule has 0 aliphatic heterocycles. The first-order valence-electron chi connectivity index (χ1n) is 7.30. The third-order valence-corrected chi connectivity index (χ3v) is 5.40. The van der Waals surface area contributed by atoms with Crippen LogP contribution in [0.2, 0.25) is 0 Å². The van der Waals surface area contributed by atoms with Gasteiger partial charge in [0.15, 0.2) is 0 Å². The van der Waals surface area contributed by atoms with Crippen LogP contribution in [-0.2, 0) is 16.2 Å². The van der Waals surface area contributed by atoms with E-state index >= 15 is 0 Å². The second kappa shape index (κ2) is 6.79. The van der Waals surface area contributed by atoms with E-state index < -0.39 is 48.7 Å². The molecule has 5 nitrogen and oxygen atoms in total. The molecule has 1 aromatic heterocycles. The second-order valence-electron chi connectivity index (χ2n) is 5.57. The third-order valence-electron chi connectivity index (χ3n) is 3.75. The quantitative estimate of drug-likeness (QED) is 0.638. The Morgan fingerprint density at radius 1 is 1.00 bits per heavy atom. The fraction of sp³-hybridized carbons (Fsp3) is 0.0625. The number of hydrogen-bond donors (Lipinski definition) is 1. The van der Waals surface area contributed by atoms with Crippen LogP contribution in [0.3, 0.4) is 0 Å². The van der Waals surface area contributed by atoms with E-state index in [0.717, 1.165) is 28.8 Å². The Bertz CT molecular complexity index is 1210. The highest BCUT2D eigenvalue weighted by atomic mass is 32.2. The molecule has 0 amide bonds. The maximum atomic E-state index is 14.4. The Hall–Kier alpha value is -2.57. The summed E-state index contributed by atoms with van der Waals surface area (Å²) in [5, 5.41) is 5.99. The largest absolute Gasteiger partial charge is 0.416 e. The van der Waals surface area contributed by atoms with E-state index in [-0.39, 0.29) is 11.4 Å². The Labute approximate surface area is 158 Å². The second-order valence-corrected chi connectivity index (χ2v) is 7.92. The lowest BCUT2D eigenvalue weighted by molar-refractivity contribution is -0.137. The first kappa shape index (κ1) is 20.2. The van der Waals surface area contributed by atoms with Gasteiger partial charge in [-0.3, -0.25) is 9.36 Å². The predicted octanol–water partition coefficient (Wildman–Crippen LogP) is 3.51. The fourth-order valence-corrected chi connectivity index (χ4v) is 3.83. The number of alkyl halides is 3. The highest BCUT2D eigenvalue weighted by Gasteiger charge is 2.30. The minimum atomic E-state index is -4.58. The molecule has 3 rings (SSSR count). The van der Waals surface area contributed by atoms with Gasteiger partial charge >= 0.3 is 11.0 Å². The number of hydrogen-bond acceptors (Lipinski definition) is 4. The van der Waals surface area contributed by atoms with Crippen molar-refractivity contribution in [1.82, 2.24) is 4.57 Å². The zero-order chi connectivity index (χ0) is 20.9. The normalized spacial score (nSPS) is 12.4. The van der Waals surface area contributed by atoms with Gasteiger partial charge in [0.2, 0.25) is 10.0 Å². The van der Waals surface area contributed by atoms with E-state index in [1.807, 2.05) is 0 Å². The highest BCUT2D eigenvalue weighted by Crippen LogP contribution is 2.32. The zero-order valence-corrected chi connectivity index (χ0v) is 15.1. The SMILES string of the molecule is NS(=O)(=O)c1cc(F)c(-c2csc(=O)n2-c2ccc(C(F)(F)F)cc2)cc1F. The minimum absolute atomic E-state index is 0.00965. The Balaban J connectivity index is 2.17. The summed E-state index contributed by atoms with van der Waals surface area (Å²) in [5.41, 5.74) is -1.57. The van der Waals surface area contributed by atoms with Gasteiger partial charge in [-0.25, -0.2) is 22.3 Å². The first-order chi connectivity index (χ1) is 12.9. The Morgan fingerprint density at radius 3 is 2.14 bits per heavy atom. The van der Waals surface area contributed by atoms with Crippen molar-refractivity contribution >= 4 is 21.4 Å². The molecule has 12 heteroatoms. The summed E-state index contributed by atoms with van der Waals surface area (Å²) in [5.74, 6) is -2.51. The topological polar surface area (TPSA) is 82.2 Å². The van der Waals surface area contributed by atoms with Crippen molar-refractivity contribution in [3.63, 3.8) is 0 Å². The maximum absolute atomic E-state index is 14.4. The number of sulfonamides is 1. The zero-order valence-electron chi connectivity index (χ0n) is 13.5. The number of benzene rings is 2. The lowest BCUT2D eigenvalue weighted by Gasteiger charge is -2.12. The van der Waals surface area contributed by atoms with Crippen molar-refractivity contribution in [3.8, 4) is 16.9 Å². The van der Waals surface area contributed by atoms with Crippen molar-refractivity contribution in [3.05, 3.63) is 68.6 Å². The van der Waals surface area contributed by atoms with Gasteiger partial charge in [0, 0.05) is 10.9 Å². The van der Waals surface area contributed by atoms with E-state index in [1.54, 1.807) is 0 Å². The monoisotopic (exact) mass is 436 g/mol. The number of rotatable bonds is 3. The summed E-state index contributed by atoms with van der Waals surface area (Å²) >= 11 is 0.608. The Kier molecular flexibility index (Phi) is 4.89. The molecule has 3 aromatic rings. The summed E-state index contributed by atoms with van der Waals surface area (Å²) in [6, 6.07) is 4.42. The first-order valence-corrected chi connectivity index (χ1v) is 9.72. The molecule has 0 spiro atoms. The van der Waals surface area contributed by atoms with Gasteiger partial charge in [0.1, 0.15) is 16.5 Å². The summed E-state index contributed by atoms with van der Waals surface area (Å²) in [7, 11) is -4.52. The van der Waals surface area contributed by atoms with Crippen LogP contribution in [0.5, 0.6) is 0 Å². The average Bonchev–Trinajstić information content (AvgIpc) is 2.96. The molecule has 0 aliphatic carbocycles. The lowest BCUT2D eigenvalue weighted by Crippen LogP contribution is -2.16. The van der Waals surface area contributed by atoms with Crippen LogP contribution in [0.25, 0.3) is 16.9 Å². The molecule has 1 heterocycles. The van der Waals surface area contributed by atoms with Gasteiger partial charge in [-0.15, -0.1) is 0 Å². The Morgan fingerprint density at radius 2 is 1.61 bits per heavy atom. The molecule has 148 valence electrons. The van der Waals surface area contributed by atoms with Crippen molar-refractivity contribution in [2.75, 3.05) is 0 Å². The molecule has 0 saturated heterocycles. The van der Waals surface area contributed by atoms with Gasteiger partial charge in [-0.05, 0) is 36.4 Å². The molecule has 28 heavy (non-hydrogen) atoms. The van der Waals surface area contributed by atoms with E-state index in [2.05, 4.69) is 0 Å². The standard InChI is InChI=1S/C16H9F5N2O3S2/c17-11-6-14(28(22,25)26)12(18)5-10(11)13-7-27-15(24)23(13)9-3-1-8(2-4-9)16(19,20)21/h1-7H,(H2,22,25,26). The number of halogens is 5. The third kappa shape index (κ3) is 3.70. The number of thiazole rings is 1. The molecular formula is C16H9F5N2O3S2. The van der Waals surface area contributed by atoms with E-state index in [9.17, 15) is 35.2 Å². The molecular weight excluding hydrogens is 427 g/mol. The van der Waals surface area contributed by atoms with Gasteiger partial charge in [0.05, 0.1) is 16.9 Å². The maximum Gasteiger partial charge on any atom is 0.416 e. The molecule has 2 N–H and O–H groups in total. The van der Waals surface area contributed by atoms with Gasteiger partial charge in [-0.1, -0.05) is 11.3 Å². The van der Waals surface area contributed by atoms with Crippen LogP contribution in [0, 0.1) is 11.6 Å². The molecule has 2 aromatic carbocycles. The van der Waals surface area contributed by atoms with Crippen LogP contribution < -0.4 is 10.0 Å². The summed E-state index contributed by atoms with van der Waals surface area (Å²) < 4.78 is 90.1. The van der Waals surface area contributed by atoms with Crippen molar-refractivity contribution in [1.29, 1.82) is 0 Å². The smallest absolute Gasteiger partial charge is 0.267 e. The van der Waals surface area contributed by atoms with Gasteiger partial charge in [0.25, 0.3) is 0 Å². The fourth-order valence-electron chi connectivity index (χ4n) is 2.48. The molecule has 0 atom stereocenters. The van der Waals surface area contributed by atoms with E-state index in [4.69, 9.17) is 5.14 Å². The summed E-state index contributed by atoms with van der Waals surface area (Å²) in [6.45, 7) is 0. The van der Waals surface area contributed by atoms with Crippen molar-refractivity contribution < 1.29 is 30.4 Å². The highest BCUT2D eigenvalue weighted by molar-refractivity contribution is 7.89. The van der Waals surface area contributed by atoms with Crippen LogP contribution in [0.4, 0.5) is 22.0 Å². The molecule has 0 aliphatic rings. The molecule has 0 radical (unpaired) electrons. The number of nitrogens with zero attached hydrogens (tertiary/aromatic N) is 1. The predicted molar refractivity (Wildman–Crippen MR) is 91.6 cm³/mol. The summed E-state index contributed by atoms with van der Waals surface area (Å²) in [6.07, 6.45) is -4.58. The average molecular weight is 436 g/mol. The van der Waals surface area contributed by atoms with Crippen LogP contribution >= 0.6 is 11.3 Å². The van der Waals surface area contributed by atoms with Gasteiger partial charge < -0.3 is 0 Å². The molecule has 0 bridgehead atoms. The number of primary sulfonamides is 1. The van der Waals surface area contributed by atoms with Crippen molar-refractivity contribution in [2.45, 2.75) is 11.1 Å². The number of aromatic nitrogens is 1. The molecule has 0 unspecified atom stereocenters. The molecule has 0 saturated carbocycles.